The zero-order valence-electron chi connectivity index (χ0n) is 25.1. The number of aryl methyl sites for hydroxylation is 2. The lowest BCUT2D eigenvalue weighted by Gasteiger charge is -2.07. The molecule has 2 aromatic heterocycles. The zero-order valence-corrected chi connectivity index (χ0v) is 25.1. The fraction of sp³-hybridized carbons (Fsp3) is 0.118. The molecule has 2 heterocycles. The van der Waals surface area contributed by atoms with Gasteiger partial charge in [0.2, 0.25) is 0 Å². The van der Waals surface area contributed by atoms with Gasteiger partial charge in [-0.15, -0.1) is 0 Å². The van der Waals surface area contributed by atoms with E-state index in [4.69, 9.17) is 26.7 Å². The maximum Gasteiger partial charge on any atom is 0.269 e. The number of nitriles is 2. The summed E-state index contributed by atoms with van der Waals surface area (Å²) in [5, 5.41) is 30.8. The van der Waals surface area contributed by atoms with Crippen LogP contribution < -0.4 is 26.7 Å². The second-order valence-corrected chi connectivity index (χ2v) is 10.5. The number of fused-ring (bicyclic) bond motifs is 2. The van der Waals surface area contributed by atoms with Crippen molar-refractivity contribution in [3.8, 4) is 23.6 Å². The number of ether oxygens (including phenoxy) is 2. The molecule has 6 N–H and O–H groups in total. The molecule has 0 saturated heterocycles. The quantitative estimate of drug-likeness (QED) is 0.111. The fourth-order valence-corrected chi connectivity index (χ4v) is 5.08. The number of non-ortho nitro benzene ring substituents is 1. The molecule has 0 aliphatic carbocycles. The van der Waals surface area contributed by atoms with Gasteiger partial charge < -0.3 is 35.8 Å². The molecule has 4 aromatic carbocycles. The van der Waals surface area contributed by atoms with E-state index < -0.39 is 4.92 Å². The van der Waals surface area contributed by atoms with Gasteiger partial charge in [0.05, 0.1) is 16.0 Å². The van der Waals surface area contributed by atoms with Crippen LogP contribution in [0.2, 0.25) is 0 Å². The van der Waals surface area contributed by atoms with Gasteiger partial charge >= 0.3 is 0 Å². The predicted octanol–water partition coefficient (Wildman–Crippen LogP) is 5.91. The van der Waals surface area contributed by atoms with Crippen LogP contribution in [-0.2, 0) is 27.3 Å². The van der Waals surface area contributed by atoms with E-state index in [1.54, 1.807) is 40.4 Å². The molecule has 0 aliphatic rings. The summed E-state index contributed by atoms with van der Waals surface area (Å²) in [6.07, 6.45) is 0. The zero-order chi connectivity index (χ0) is 33.0. The summed E-state index contributed by atoms with van der Waals surface area (Å²) in [5.74, 6) is 2.13. The van der Waals surface area contributed by atoms with Crippen LogP contribution in [0.3, 0.4) is 0 Å². The number of nitro benzene ring substituents is 1. The first-order chi connectivity index (χ1) is 22.1. The number of hydrogen-bond donors (Lipinski definition) is 3. The summed E-state index contributed by atoms with van der Waals surface area (Å²) in [5.41, 5.74) is 22.7. The second kappa shape index (κ2) is 12.9. The van der Waals surface area contributed by atoms with Gasteiger partial charge in [0, 0.05) is 42.7 Å². The van der Waals surface area contributed by atoms with Crippen molar-refractivity contribution in [1.29, 1.82) is 10.5 Å². The summed E-state index contributed by atoms with van der Waals surface area (Å²) in [6, 6.07) is 29.1. The maximum atomic E-state index is 10.8. The van der Waals surface area contributed by atoms with Crippen LogP contribution in [0.4, 0.5) is 23.0 Å². The molecule has 0 atom stereocenters. The summed E-state index contributed by atoms with van der Waals surface area (Å²) in [4.78, 5) is 10.4. The Hall–Kier alpha value is -6.66. The van der Waals surface area contributed by atoms with Crippen molar-refractivity contribution in [2.45, 2.75) is 13.2 Å². The lowest BCUT2D eigenvalue weighted by molar-refractivity contribution is -0.384. The smallest absolute Gasteiger partial charge is 0.269 e. The number of anilines is 3. The van der Waals surface area contributed by atoms with Gasteiger partial charge in [-0.3, -0.25) is 10.1 Å². The van der Waals surface area contributed by atoms with Crippen molar-refractivity contribution in [3.05, 3.63) is 117 Å². The van der Waals surface area contributed by atoms with Crippen LogP contribution in [0.15, 0.2) is 84.9 Å². The number of rotatable bonds is 7. The third kappa shape index (κ3) is 6.18. The Bertz CT molecular complexity index is 2190. The molecular weight excluding hydrogens is 584 g/mol. The van der Waals surface area contributed by atoms with Crippen LogP contribution in [0.1, 0.15) is 22.3 Å². The highest BCUT2D eigenvalue weighted by Gasteiger charge is 2.15. The maximum absolute atomic E-state index is 10.8. The number of benzene rings is 4. The number of aromatic nitrogens is 2. The number of nitro groups is 1. The molecule has 12 heteroatoms. The summed E-state index contributed by atoms with van der Waals surface area (Å²) in [6.45, 7) is 0.609. The lowest BCUT2D eigenvalue weighted by atomic mass is 10.1. The first-order valence-corrected chi connectivity index (χ1v) is 14.0. The van der Waals surface area contributed by atoms with E-state index in [1.807, 2.05) is 55.6 Å². The molecule has 0 aliphatic heterocycles. The Morgan fingerprint density at radius 3 is 1.65 bits per heavy atom. The van der Waals surface area contributed by atoms with Crippen molar-refractivity contribution in [2.75, 3.05) is 17.2 Å². The van der Waals surface area contributed by atoms with Gasteiger partial charge in [0.1, 0.15) is 59.6 Å². The third-order valence-corrected chi connectivity index (χ3v) is 7.54. The standard InChI is InChI=1S/C17H14N4O3.C17H16N4O/c1-20-16-6-5-13(8-14(16)15(9-18)17(20)19)24-10-11-3-2-4-12(7-11)21(22)23;1-21-16-6-5-13(8-14(16)15(9-18)17(21)20)22-10-11-3-2-4-12(19)7-11/h2-8H,10,19H2,1H3;2-8H,10,19-20H2,1H3. The highest BCUT2D eigenvalue weighted by atomic mass is 16.6. The molecule has 0 spiro atoms. The minimum absolute atomic E-state index is 0.0224. The van der Waals surface area contributed by atoms with Crippen LogP contribution in [0.5, 0.6) is 11.5 Å². The first kappa shape index (κ1) is 30.8. The topological polar surface area (TPSA) is 197 Å². The molecule has 0 saturated carbocycles. The molecule has 6 rings (SSSR count). The van der Waals surface area contributed by atoms with Crippen LogP contribution in [-0.4, -0.2) is 14.1 Å². The monoisotopic (exact) mass is 614 g/mol. The average Bonchev–Trinajstić information content (AvgIpc) is 3.45. The van der Waals surface area contributed by atoms with E-state index in [2.05, 4.69) is 12.1 Å². The van der Waals surface area contributed by atoms with Gasteiger partial charge in [0.25, 0.3) is 5.69 Å². The van der Waals surface area contributed by atoms with Gasteiger partial charge in [-0.05, 0) is 59.7 Å². The molecule has 46 heavy (non-hydrogen) atoms. The van der Waals surface area contributed by atoms with Gasteiger partial charge in [-0.1, -0.05) is 24.3 Å². The molecule has 0 amide bonds. The molecule has 230 valence electrons. The minimum atomic E-state index is -0.443. The normalized spacial score (nSPS) is 10.5. The average molecular weight is 615 g/mol. The van der Waals surface area contributed by atoms with Crippen molar-refractivity contribution in [1.82, 2.24) is 9.13 Å². The van der Waals surface area contributed by atoms with Gasteiger partial charge in [0.15, 0.2) is 0 Å². The third-order valence-electron chi connectivity index (χ3n) is 7.54. The van der Waals surface area contributed by atoms with Crippen LogP contribution in [0.25, 0.3) is 21.8 Å². The molecular formula is C34H30N8O4. The Morgan fingerprint density at radius 2 is 1.20 bits per heavy atom. The molecule has 12 nitrogen and oxygen atoms in total. The summed E-state index contributed by atoms with van der Waals surface area (Å²) >= 11 is 0. The highest BCUT2D eigenvalue weighted by Crippen LogP contribution is 2.31. The number of nitrogens with two attached hydrogens (primary N) is 3. The highest BCUT2D eigenvalue weighted by molar-refractivity contribution is 5.93. The number of hydrogen-bond acceptors (Lipinski definition) is 9. The van der Waals surface area contributed by atoms with E-state index in [-0.39, 0.29) is 12.3 Å². The predicted molar refractivity (Wildman–Crippen MR) is 177 cm³/mol. The minimum Gasteiger partial charge on any atom is -0.489 e. The SMILES string of the molecule is Cn1c(N)c(C#N)c2cc(OCc3cccc(N)c3)ccc21.Cn1c(N)c(C#N)c2cc(OCc3cccc([N+](=O)[O-])c3)ccc21. The van der Waals surface area contributed by atoms with Crippen LogP contribution in [0, 0.1) is 32.8 Å². The Labute approximate surface area is 264 Å². The van der Waals surface area contributed by atoms with Crippen molar-refractivity contribution in [3.63, 3.8) is 0 Å². The Morgan fingerprint density at radius 1 is 0.717 bits per heavy atom. The van der Waals surface area contributed by atoms with E-state index in [9.17, 15) is 20.6 Å². The van der Waals surface area contributed by atoms with E-state index in [1.165, 1.54) is 12.1 Å². The van der Waals surface area contributed by atoms with Gasteiger partial charge in [-0.25, -0.2) is 0 Å². The molecule has 0 unspecified atom stereocenters. The molecule has 0 radical (unpaired) electrons. The Kier molecular flexibility index (Phi) is 8.64. The molecule has 0 fully saturated rings. The van der Waals surface area contributed by atoms with Crippen LogP contribution >= 0.6 is 0 Å². The van der Waals surface area contributed by atoms with Gasteiger partial charge in [-0.2, -0.15) is 10.5 Å². The summed E-state index contributed by atoms with van der Waals surface area (Å²) in [7, 11) is 3.63. The van der Waals surface area contributed by atoms with Crippen molar-refractivity contribution >= 4 is 44.8 Å². The number of nitrogen functional groups attached to an aromatic ring is 3. The number of nitrogens with zero attached hydrogens (tertiary/aromatic N) is 5. The Balaban J connectivity index is 0.000000182. The van der Waals surface area contributed by atoms with E-state index in [0.29, 0.717) is 57.5 Å². The molecule has 0 bridgehead atoms. The molecule has 6 aromatic rings. The van der Waals surface area contributed by atoms with E-state index >= 15 is 0 Å². The van der Waals surface area contributed by atoms with E-state index in [0.717, 1.165) is 22.0 Å². The first-order valence-electron chi connectivity index (χ1n) is 14.0. The second-order valence-electron chi connectivity index (χ2n) is 10.5. The van der Waals surface area contributed by atoms with Crippen molar-refractivity contribution in [2.24, 2.45) is 14.1 Å². The largest absolute Gasteiger partial charge is 0.489 e. The fourth-order valence-electron chi connectivity index (χ4n) is 5.08. The lowest BCUT2D eigenvalue weighted by Crippen LogP contribution is -1.97. The summed E-state index contributed by atoms with van der Waals surface area (Å²) < 4.78 is 15.0. The van der Waals surface area contributed by atoms with Crippen molar-refractivity contribution < 1.29 is 14.4 Å².